The molecule has 0 bridgehead atoms. The Morgan fingerprint density at radius 2 is 2.11 bits per heavy atom. The first-order chi connectivity index (χ1) is 9.17. The Hall–Kier alpha value is -1.10. The van der Waals surface area contributed by atoms with Crippen LogP contribution in [0.3, 0.4) is 0 Å². The summed E-state index contributed by atoms with van der Waals surface area (Å²) in [5.74, 6) is 0. The van der Waals surface area contributed by atoms with Crippen molar-refractivity contribution in [3.05, 3.63) is 33.9 Å². The molecular weight excluding hydrogens is 308 g/mol. The fourth-order valence-corrected chi connectivity index (χ4v) is 3.35. The second kappa shape index (κ2) is 6.37. The monoisotopic (exact) mass is 326 g/mol. The third-order valence-electron chi connectivity index (χ3n) is 3.84. The molecule has 104 valence electrons. The molecule has 0 saturated heterocycles. The normalized spacial score (nSPS) is 15.7. The van der Waals surface area contributed by atoms with Crippen LogP contribution >= 0.6 is 15.9 Å². The summed E-state index contributed by atoms with van der Waals surface area (Å²) < 4.78 is 0. The summed E-state index contributed by atoms with van der Waals surface area (Å²) in [4.78, 5) is 13.0. The lowest BCUT2D eigenvalue weighted by molar-refractivity contribution is -0.385. The van der Waals surface area contributed by atoms with Gasteiger partial charge in [0.1, 0.15) is 0 Å². The van der Waals surface area contributed by atoms with Crippen molar-refractivity contribution in [2.45, 2.75) is 44.0 Å². The van der Waals surface area contributed by atoms with Gasteiger partial charge in [0.15, 0.2) is 0 Å². The lowest BCUT2D eigenvalue weighted by atomic mass is 10.1. The van der Waals surface area contributed by atoms with E-state index in [1.807, 2.05) is 12.1 Å². The molecule has 2 rings (SSSR count). The molecule has 1 aromatic carbocycles. The Morgan fingerprint density at radius 1 is 1.42 bits per heavy atom. The third kappa shape index (κ3) is 3.08. The molecule has 0 atom stereocenters. The fraction of sp³-hybridized carbons (Fsp3) is 0.571. The van der Waals surface area contributed by atoms with Crippen molar-refractivity contribution in [2.24, 2.45) is 0 Å². The van der Waals surface area contributed by atoms with Crippen molar-refractivity contribution in [1.82, 2.24) is 0 Å². The van der Waals surface area contributed by atoms with Gasteiger partial charge in [-0.25, -0.2) is 0 Å². The van der Waals surface area contributed by atoms with Crippen molar-refractivity contribution in [2.75, 3.05) is 11.4 Å². The van der Waals surface area contributed by atoms with Gasteiger partial charge in [0, 0.05) is 35.2 Å². The van der Waals surface area contributed by atoms with E-state index in [4.69, 9.17) is 0 Å². The van der Waals surface area contributed by atoms with E-state index in [0.717, 1.165) is 17.8 Å². The Morgan fingerprint density at radius 3 is 2.63 bits per heavy atom. The molecule has 1 saturated carbocycles. The maximum Gasteiger partial charge on any atom is 0.273 e. The molecule has 0 amide bonds. The number of nitrogens with zero attached hydrogens (tertiary/aromatic N) is 2. The van der Waals surface area contributed by atoms with Gasteiger partial charge in [0.05, 0.1) is 4.92 Å². The number of alkyl halides is 1. The van der Waals surface area contributed by atoms with Crippen molar-refractivity contribution >= 4 is 27.3 Å². The van der Waals surface area contributed by atoms with Crippen LogP contribution in [-0.4, -0.2) is 17.5 Å². The van der Waals surface area contributed by atoms with Gasteiger partial charge < -0.3 is 4.90 Å². The molecule has 1 fully saturated rings. The first-order valence-electron chi connectivity index (χ1n) is 6.77. The standard InChI is InChI=1S/C14H19BrN2O2/c1-2-16(12-5-3-4-6-12)13-7-8-14(17(18)19)11(9-13)10-15/h7-9,12H,2-6,10H2,1H3. The molecule has 19 heavy (non-hydrogen) atoms. The minimum Gasteiger partial charge on any atom is -0.369 e. The van der Waals surface area contributed by atoms with Crippen LogP contribution in [0.4, 0.5) is 11.4 Å². The van der Waals surface area contributed by atoms with Gasteiger partial charge in [-0.15, -0.1) is 0 Å². The number of rotatable bonds is 5. The highest BCUT2D eigenvalue weighted by Gasteiger charge is 2.23. The van der Waals surface area contributed by atoms with E-state index in [0.29, 0.717) is 11.4 Å². The summed E-state index contributed by atoms with van der Waals surface area (Å²) in [7, 11) is 0. The minimum atomic E-state index is -0.313. The number of hydrogen-bond acceptors (Lipinski definition) is 3. The number of nitro benzene ring substituents is 1. The number of halogens is 1. The van der Waals surface area contributed by atoms with Crippen LogP contribution in [0.1, 0.15) is 38.2 Å². The molecule has 0 heterocycles. The van der Waals surface area contributed by atoms with Crippen molar-refractivity contribution in [3.8, 4) is 0 Å². The fourth-order valence-electron chi connectivity index (χ4n) is 2.90. The molecule has 0 unspecified atom stereocenters. The van der Waals surface area contributed by atoms with Crippen molar-refractivity contribution in [3.63, 3.8) is 0 Å². The highest BCUT2D eigenvalue weighted by molar-refractivity contribution is 9.08. The number of anilines is 1. The van der Waals surface area contributed by atoms with Crippen LogP contribution in [0.25, 0.3) is 0 Å². The zero-order chi connectivity index (χ0) is 13.8. The third-order valence-corrected chi connectivity index (χ3v) is 4.45. The van der Waals surface area contributed by atoms with E-state index >= 15 is 0 Å². The highest BCUT2D eigenvalue weighted by atomic mass is 79.9. The van der Waals surface area contributed by atoms with Gasteiger partial charge >= 0.3 is 0 Å². The Kier molecular flexibility index (Phi) is 4.80. The van der Waals surface area contributed by atoms with E-state index in [2.05, 4.69) is 27.8 Å². The van der Waals surface area contributed by atoms with Gasteiger partial charge in [-0.3, -0.25) is 10.1 Å². The predicted octanol–water partition coefficient (Wildman–Crippen LogP) is 4.26. The van der Waals surface area contributed by atoms with Crippen LogP contribution < -0.4 is 4.90 Å². The van der Waals surface area contributed by atoms with Crippen molar-refractivity contribution < 1.29 is 4.92 Å². The van der Waals surface area contributed by atoms with Crippen LogP contribution in [0.5, 0.6) is 0 Å². The summed E-state index contributed by atoms with van der Waals surface area (Å²) in [6, 6.07) is 6.05. The van der Waals surface area contributed by atoms with E-state index in [9.17, 15) is 10.1 Å². The summed E-state index contributed by atoms with van der Waals surface area (Å²) in [5, 5.41) is 11.5. The molecule has 0 radical (unpaired) electrons. The molecule has 1 aromatic rings. The topological polar surface area (TPSA) is 46.4 Å². The largest absolute Gasteiger partial charge is 0.369 e. The summed E-state index contributed by atoms with van der Waals surface area (Å²) >= 11 is 3.34. The first-order valence-corrected chi connectivity index (χ1v) is 7.89. The molecule has 0 N–H and O–H groups in total. The molecule has 1 aliphatic rings. The van der Waals surface area contributed by atoms with Crippen LogP contribution in [-0.2, 0) is 5.33 Å². The lowest BCUT2D eigenvalue weighted by Gasteiger charge is -2.30. The number of hydrogen-bond donors (Lipinski definition) is 0. The molecule has 0 spiro atoms. The van der Waals surface area contributed by atoms with E-state index < -0.39 is 0 Å². The Labute approximate surface area is 122 Å². The molecule has 5 heteroatoms. The van der Waals surface area contributed by atoms with Crippen LogP contribution in [0, 0.1) is 10.1 Å². The van der Waals surface area contributed by atoms with Crippen LogP contribution in [0.15, 0.2) is 18.2 Å². The maximum absolute atomic E-state index is 11.0. The molecule has 4 nitrogen and oxygen atoms in total. The van der Waals surface area contributed by atoms with E-state index in [-0.39, 0.29) is 10.6 Å². The molecule has 1 aliphatic carbocycles. The zero-order valence-electron chi connectivity index (χ0n) is 11.1. The SMILES string of the molecule is CCN(c1ccc([N+](=O)[O-])c(CBr)c1)C1CCCC1. The average Bonchev–Trinajstić information content (AvgIpc) is 2.93. The summed E-state index contributed by atoms with van der Waals surface area (Å²) in [6.07, 6.45) is 5.04. The smallest absolute Gasteiger partial charge is 0.273 e. The molecule has 0 aromatic heterocycles. The quantitative estimate of drug-likeness (QED) is 0.461. The molecule has 0 aliphatic heterocycles. The Bertz CT molecular complexity index is 459. The second-order valence-corrected chi connectivity index (χ2v) is 5.49. The number of benzene rings is 1. The summed E-state index contributed by atoms with van der Waals surface area (Å²) in [5.41, 5.74) is 2.05. The Balaban J connectivity index is 2.30. The maximum atomic E-state index is 11.0. The average molecular weight is 327 g/mol. The zero-order valence-corrected chi connectivity index (χ0v) is 12.7. The predicted molar refractivity (Wildman–Crippen MR) is 81.0 cm³/mol. The highest BCUT2D eigenvalue weighted by Crippen LogP contribution is 2.31. The van der Waals surface area contributed by atoms with Gasteiger partial charge in [0.2, 0.25) is 0 Å². The van der Waals surface area contributed by atoms with Gasteiger partial charge in [0.25, 0.3) is 5.69 Å². The van der Waals surface area contributed by atoms with E-state index in [1.54, 1.807) is 6.07 Å². The van der Waals surface area contributed by atoms with Crippen LogP contribution in [0.2, 0.25) is 0 Å². The first kappa shape index (κ1) is 14.3. The summed E-state index contributed by atoms with van der Waals surface area (Å²) in [6.45, 7) is 3.09. The van der Waals surface area contributed by atoms with Gasteiger partial charge in [-0.05, 0) is 31.9 Å². The lowest BCUT2D eigenvalue weighted by Crippen LogP contribution is -2.32. The minimum absolute atomic E-state index is 0.197. The van der Waals surface area contributed by atoms with Gasteiger partial charge in [-0.1, -0.05) is 28.8 Å². The van der Waals surface area contributed by atoms with Gasteiger partial charge in [-0.2, -0.15) is 0 Å². The van der Waals surface area contributed by atoms with Crippen molar-refractivity contribution in [1.29, 1.82) is 0 Å². The van der Waals surface area contributed by atoms with E-state index in [1.165, 1.54) is 25.7 Å². The molecular formula is C14H19BrN2O2. The second-order valence-electron chi connectivity index (χ2n) is 4.93. The number of nitro groups is 1.